The molecule has 1 aliphatic heterocycles. The van der Waals surface area contributed by atoms with Gasteiger partial charge in [-0.2, -0.15) is 0 Å². The third kappa shape index (κ3) is 6.34. The molecule has 2 amide bonds. The van der Waals surface area contributed by atoms with Crippen LogP contribution in [0.3, 0.4) is 0 Å². The van der Waals surface area contributed by atoms with Gasteiger partial charge in [-0.05, 0) is 42.5 Å². The van der Waals surface area contributed by atoms with Crippen LogP contribution in [-0.4, -0.2) is 48.1 Å². The number of esters is 1. The predicted molar refractivity (Wildman–Crippen MR) is 122 cm³/mol. The smallest absolute Gasteiger partial charge is 0.339 e. The molecule has 0 saturated carbocycles. The summed E-state index contributed by atoms with van der Waals surface area (Å²) in [6, 6.07) is 14.6. The van der Waals surface area contributed by atoms with E-state index in [0.29, 0.717) is 10.5 Å². The van der Waals surface area contributed by atoms with E-state index in [9.17, 15) is 14.4 Å². The second-order valence-electron chi connectivity index (χ2n) is 7.74. The van der Waals surface area contributed by atoms with E-state index in [1.165, 1.54) is 11.8 Å². The number of para-hydroxylation sites is 1. The molecule has 3 rings (SSSR count). The molecule has 31 heavy (non-hydrogen) atoms. The van der Waals surface area contributed by atoms with Crippen molar-refractivity contribution >= 4 is 35.2 Å². The van der Waals surface area contributed by atoms with Gasteiger partial charge in [0.2, 0.25) is 5.91 Å². The highest BCUT2D eigenvalue weighted by molar-refractivity contribution is 8.00. The average Bonchev–Trinajstić information content (AvgIpc) is 3.31. The maximum absolute atomic E-state index is 12.6. The standard InChI is InChI=1S/C24H28N2O4S/c1-17(2)18-9-3-5-11-20(18)25-22(27)15-30-24(29)19-10-4-6-12-21(19)31-16-23(28)26-13-7-8-14-26/h3-6,9-12,17H,7-8,13-16H2,1-2H3,(H,25,27). The quantitative estimate of drug-likeness (QED) is 0.489. The van der Waals surface area contributed by atoms with Gasteiger partial charge in [0.1, 0.15) is 0 Å². The van der Waals surface area contributed by atoms with E-state index in [2.05, 4.69) is 5.32 Å². The van der Waals surface area contributed by atoms with E-state index >= 15 is 0 Å². The molecule has 1 fully saturated rings. The summed E-state index contributed by atoms with van der Waals surface area (Å²) in [5.41, 5.74) is 2.10. The first-order chi connectivity index (χ1) is 15.0. The number of benzene rings is 2. The molecule has 7 heteroatoms. The lowest BCUT2D eigenvalue weighted by molar-refractivity contribution is -0.127. The van der Waals surface area contributed by atoms with Crippen molar-refractivity contribution < 1.29 is 19.1 Å². The topological polar surface area (TPSA) is 75.7 Å². The Labute approximate surface area is 187 Å². The Kier molecular flexibility index (Phi) is 8.12. The minimum Gasteiger partial charge on any atom is -0.452 e. The van der Waals surface area contributed by atoms with E-state index in [4.69, 9.17) is 4.74 Å². The van der Waals surface area contributed by atoms with Gasteiger partial charge in [-0.15, -0.1) is 11.8 Å². The number of nitrogens with one attached hydrogen (secondary N) is 1. The van der Waals surface area contributed by atoms with Gasteiger partial charge < -0.3 is 15.0 Å². The fraction of sp³-hybridized carbons (Fsp3) is 0.375. The Bertz CT molecular complexity index is 939. The monoisotopic (exact) mass is 440 g/mol. The predicted octanol–water partition coefficient (Wildman–Crippen LogP) is 4.32. The van der Waals surface area contributed by atoms with Gasteiger partial charge >= 0.3 is 5.97 Å². The molecule has 1 aliphatic rings. The van der Waals surface area contributed by atoms with Crippen molar-refractivity contribution in [2.24, 2.45) is 0 Å². The first kappa shape index (κ1) is 22.9. The molecule has 2 aromatic rings. The minimum atomic E-state index is -0.580. The van der Waals surface area contributed by atoms with Crippen molar-refractivity contribution in [3.05, 3.63) is 59.7 Å². The molecule has 0 aliphatic carbocycles. The highest BCUT2D eigenvalue weighted by Crippen LogP contribution is 2.25. The first-order valence-corrected chi connectivity index (χ1v) is 11.5. The Hall–Kier alpha value is -2.80. The van der Waals surface area contributed by atoms with Crippen molar-refractivity contribution in [1.82, 2.24) is 4.90 Å². The zero-order valence-corrected chi connectivity index (χ0v) is 18.7. The number of anilines is 1. The summed E-state index contributed by atoms with van der Waals surface area (Å²) in [7, 11) is 0. The van der Waals surface area contributed by atoms with Crippen LogP contribution < -0.4 is 5.32 Å². The van der Waals surface area contributed by atoms with E-state index < -0.39 is 11.9 Å². The van der Waals surface area contributed by atoms with Crippen LogP contribution in [0.2, 0.25) is 0 Å². The molecule has 1 heterocycles. The molecule has 1 N–H and O–H groups in total. The Balaban J connectivity index is 1.56. The van der Waals surface area contributed by atoms with E-state index in [-0.39, 0.29) is 24.2 Å². The van der Waals surface area contributed by atoms with Crippen LogP contribution in [0, 0.1) is 0 Å². The highest BCUT2D eigenvalue weighted by atomic mass is 32.2. The number of rotatable bonds is 8. The Morgan fingerprint density at radius 3 is 2.45 bits per heavy atom. The number of nitrogens with zero attached hydrogens (tertiary/aromatic N) is 1. The molecule has 0 radical (unpaired) electrons. The summed E-state index contributed by atoms with van der Waals surface area (Å²) in [6.07, 6.45) is 2.09. The second-order valence-corrected chi connectivity index (χ2v) is 8.76. The number of likely N-dealkylation sites (tertiary alicyclic amines) is 1. The Morgan fingerprint density at radius 2 is 1.71 bits per heavy atom. The van der Waals surface area contributed by atoms with E-state index in [0.717, 1.165) is 37.2 Å². The first-order valence-electron chi connectivity index (χ1n) is 10.5. The van der Waals surface area contributed by atoms with Crippen molar-refractivity contribution in [3.8, 4) is 0 Å². The molecule has 0 unspecified atom stereocenters. The molecule has 0 spiro atoms. The van der Waals surface area contributed by atoms with Crippen LogP contribution in [0.1, 0.15) is 48.5 Å². The van der Waals surface area contributed by atoms with Crippen LogP contribution in [-0.2, 0) is 14.3 Å². The van der Waals surface area contributed by atoms with Crippen molar-refractivity contribution in [3.63, 3.8) is 0 Å². The van der Waals surface area contributed by atoms with Crippen LogP contribution >= 0.6 is 11.8 Å². The zero-order chi connectivity index (χ0) is 22.2. The fourth-order valence-electron chi connectivity index (χ4n) is 3.47. The molecular formula is C24H28N2O4S. The van der Waals surface area contributed by atoms with Gasteiger partial charge in [-0.1, -0.05) is 44.2 Å². The lowest BCUT2D eigenvalue weighted by atomic mass is 10.0. The maximum Gasteiger partial charge on any atom is 0.339 e. The summed E-state index contributed by atoms with van der Waals surface area (Å²) in [4.78, 5) is 39.7. The number of thioether (sulfide) groups is 1. The van der Waals surface area contributed by atoms with E-state index in [1.54, 1.807) is 18.2 Å². The van der Waals surface area contributed by atoms with Gasteiger partial charge in [-0.25, -0.2) is 4.79 Å². The normalized spacial score (nSPS) is 13.3. The number of carbonyl (C=O) groups excluding carboxylic acids is 3. The van der Waals surface area contributed by atoms with Gasteiger partial charge in [-0.3, -0.25) is 9.59 Å². The zero-order valence-electron chi connectivity index (χ0n) is 17.9. The van der Waals surface area contributed by atoms with Gasteiger partial charge in [0.05, 0.1) is 11.3 Å². The minimum absolute atomic E-state index is 0.0777. The molecule has 0 atom stereocenters. The number of hydrogen-bond donors (Lipinski definition) is 1. The van der Waals surface area contributed by atoms with Crippen LogP contribution in [0.5, 0.6) is 0 Å². The lowest BCUT2D eigenvalue weighted by Crippen LogP contribution is -2.29. The number of amides is 2. The summed E-state index contributed by atoms with van der Waals surface area (Å²) < 4.78 is 5.25. The van der Waals surface area contributed by atoms with Gasteiger partial charge in [0.15, 0.2) is 6.61 Å². The second kappa shape index (κ2) is 11.0. The summed E-state index contributed by atoms with van der Waals surface area (Å²) in [5.74, 6) is -0.364. The third-order valence-electron chi connectivity index (χ3n) is 5.11. The van der Waals surface area contributed by atoms with Crippen LogP contribution in [0.4, 0.5) is 5.69 Å². The summed E-state index contributed by atoms with van der Waals surface area (Å²) in [5, 5.41) is 2.81. The summed E-state index contributed by atoms with van der Waals surface area (Å²) in [6.45, 7) is 5.33. The average molecular weight is 441 g/mol. The van der Waals surface area contributed by atoms with Crippen molar-refractivity contribution in [1.29, 1.82) is 0 Å². The van der Waals surface area contributed by atoms with Crippen LogP contribution in [0.15, 0.2) is 53.4 Å². The lowest BCUT2D eigenvalue weighted by Gasteiger charge is -2.15. The largest absolute Gasteiger partial charge is 0.452 e. The maximum atomic E-state index is 12.6. The Morgan fingerprint density at radius 1 is 1.03 bits per heavy atom. The number of hydrogen-bond acceptors (Lipinski definition) is 5. The number of ether oxygens (including phenoxy) is 1. The molecule has 0 aromatic heterocycles. The molecule has 6 nitrogen and oxygen atoms in total. The fourth-order valence-corrected chi connectivity index (χ4v) is 4.41. The van der Waals surface area contributed by atoms with Gasteiger partial charge in [0, 0.05) is 23.7 Å². The number of carbonyl (C=O) groups is 3. The molecular weight excluding hydrogens is 412 g/mol. The molecule has 1 saturated heterocycles. The van der Waals surface area contributed by atoms with Gasteiger partial charge in [0.25, 0.3) is 5.91 Å². The SMILES string of the molecule is CC(C)c1ccccc1NC(=O)COC(=O)c1ccccc1SCC(=O)N1CCCC1. The summed E-state index contributed by atoms with van der Waals surface area (Å²) >= 11 is 1.32. The molecule has 0 bridgehead atoms. The third-order valence-corrected chi connectivity index (χ3v) is 6.17. The van der Waals surface area contributed by atoms with Crippen molar-refractivity contribution in [2.75, 3.05) is 30.8 Å². The van der Waals surface area contributed by atoms with E-state index in [1.807, 2.05) is 49.1 Å². The molecule has 2 aromatic carbocycles. The van der Waals surface area contributed by atoms with Crippen LogP contribution in [0.25, 0.3) is 0 Å². The highest BCUT2D eigenvalue weighted by Gasteiger charge is 2.20. The van der Waals surface area contributed by atoms with Crippen molar-refractivity contribution in [2.45, 2.75) is 37.5 Å². The molecule has 164 valence electrons.